The number of carbonyl (C=O) groups excluding carboxylic acids is 2. The van der Waals surface area contributed by atoms with Crippen LogP contribution in [0.25, 0.3) is 0 Å². The number of para-hydroxylation sites is 1. The highest BCUT2D eigenvalue weighted by Crippen LogP contribution is 2.13. The second-order valence-electron chi connectivity index (χ2n) is 4.51. The van der Waals surface area contributed by atoms with E-state index in [2.05, 4.69) is 10.6 Å². The molecule has 0 radical (unpaired) electrons. The number of nitrogens with zero attached hydrogens (tertiary/aromatic N) is 1. The molecule has 1 aromatic rings. The highest BCUT2D eigenvalue weighted by atomic mass is 16.6. The van der Waals surface area contributed by atoms with Crippen LogP contribution in [0.1, 0.15) is 16.8 Å². The SMILES string of the molecule is CNc1ccccc1C(=O)NCCN1CCCOC1=O. The number of benzene rings is 1. The van der Waals surface area contributed by atoms with Crippen molar-refractivity contribution in [3.63, 3.8) is 0 Å². The van der Waals surface area contributed by atoms with Gasteiger partial charge in [0.15, 0.2) is 0 Å². The van der Waals surface area contributed by atoms with Gasteiger partial charge in [-0.15, -0.1) is 0 Å². The molecule has 0 bridgehead atoms. The number of hydrogen-bond acceptors (Lipinski definition) is 4. The highest BCUT2D eigenvalue weighted by Gasteiger charge is 2.19. The molecule has 2 amide bonds. The first kappa shape index (κ1) is 14.2. The van der Waals surface area contributed by atoms with Gasteiger partial charge in [-0.3, -0.25) is 4.79 Å². The molecule has 1 heterocycles. The van der Waals surface area contributed by atoms with Crippen LogP contribution in [0.5, 0.6) is 0 Å². The zero-order valence-electron chi connectivity index (χ0n) is 11.5. The van der Waals surface area contributed by atoms with Gasteiger partial charge in [0.2, 0.25) is 0 Å². The van der Waals surface area contributed by atoms with Gasteiger partial charge >= 0.3 is 6.09 Å². The van der Waals surface area contributed by atoms with Crippen molar-refractivity contribution in [2.24, 2.45) is 0 Å². The molecule has 0 aliphatic carbocycles. The quantitative estimate of drug-likeness (QED) is 0.851. The number of cyclic esters (lactones) is 1. The molecule has 108 valence electrons. The molecule has 0 saturated carbocycles. The molecular formula is C14H19N3O3. The van der Waals surface area contributed by atoms with Crippen molar-refractivity contribution >= 4 is 17.7 Å². The summed E-state index contributed by atoms with van der Waals surface area (Å²) < 4.78 is 4.93. The van der Waals surface area contributed by atoms with Gasteiger partial charge in [0, 0.05) is 32.4 Å². The number of anilines is 1. The molecule has 20 heavy (non-hydrogen) atoms. The van der Waals surface area contributed by atoms with Crippen LogP contribution in [0.3, 0.4) is 0 Å². The second-order valence-corrected chi connectivity index (χ2v) is 4.51. The summed E-state index contributed by atoms with van der Waals surface area (Å²) in [6.07, 6.45) is 0.531. The normalized spacial score (nSPS) is 14.7. The maximum absolute atomic E-state index is 12.1. The summed E-state index contributed by atoms with van der Waals surface area (Å²) in [6.45, 7) is 2.04. The first-order valence-electron chi connectivity index (χ1n) is 6.69. The largest absolute Gasteiger partial charge is 0.449 e. The zero-order chi connectivity index (χ0) is 14.4. The van der Waals surface area contributed by atoms with E-state index in [9.17, 15) is 9.59 Å². The Morgan fingerprint density at radius 3 is 2.95 bits per heavy atom. The summed E-state index contributed by atoms with van der Waals surface area (Å²) in [6, 6.07) is 7.29. The minimum Gasteiger partial charge on any atom is -0.449 e. The van der Waals surface area contributed by atoms with Crippen LogP contribution < -0.4 is 10.6 Å². The minimum atomic E-state index is -0.305. The van der Waals surface area contributed by atoms with Crippen molar-refractivity contribution in [1.29, 1.82) is 0 Å². The van der Waals surface area contributed by atoms with Crippen molar-refractivity contribution in [1.82, 2.24) is 10.2 Å². The van der Waals surface area contributed by atoms with Gasteiger partial charge in [-0.25, -0.2) is 4.79 Å². The monoisotopic (exact) mass is 277 g/mol. The highest BCUT2D eigenvalue weighted by molar-refractivity contribution is 5.99. The van der Waals surface area contributed by atoms with Gasteiger partial charge in [0.25, 0.3) is 5.91 Å². The fourth-order valence-electron chi connectivity index (χ4n) is 2.10. The average molecular weight is 277 g/mol. The summed E-state index contributed by atoms with van der Waals surface area (Å²) in [5, 5.41) is 5.79. The molecule has 1 fully saturated rings. The molecular weight excluding hydrogens is 258 g/mol. The van der Waals surface area contributed by atoms with E-state index >= 15 is 0 Å². The maximum atomic E-state index is 12.1. The third kappa shape index (κ3) is 3.40. The molecule has 0 atom stereocenters. The van der Waals surface area contributed by atoms with Crippen LogP contribution in [0.4, 0.5) is 10.5 Å². The molecule has 0 aromatic heterocycles. The lowest BCUT2D eigenvalue weighted by molar-refractivity contribution is 0.0719. The van der Waals surface area contributed by atoms with Crippen LogP contribution in [0.2, 0.25) is 0 Å². The van der Waals surface area contributed by atoms with Crippen molar-refractivity contribution in [3.05, 3.63) is 29.8 Å². The summed E-state index contributed by atoms with van der Waals surface area (Å²) in [7, 11) is 1.77. The van der Waals surface area contributed by atoms with Gasteiger partial charge < -0.3 is 20.3 Å². The van der Waals surface area contributed by atoms with Crippen LogP contribution in [-0.4, -0.2) is 50.2 Å². The summed E-state index contributed by atoms with van der Waals surface area (Å²) in [4.78, 5) is 25.1. The molecule has 2 rings (SSSR count). The molecule has 0 spiro atoms. The standard InChI is InChI=1S/C14H19N3O3/c1-15-12-6-3-2-5-11(12)13(18)16-7-9-17-8-4-10-20-14(17)19/h2-3,5-6,15H,4,7-10H2,1H3,(H,16,18). The summed E-state index contributed by atoms with van der Waals surface area (Å²) >= 11 is 0. The fraction of sp³-hybridized carbons (Fsp3) is 0.429. The predicted octanol–water partition coefficient (Wildman–Crippen LogP) is 1.30. The van der Waals surface area contributed by atoms with E-state index in [0.29, 0.717) is 31.8 Å². The van der Waals surface area contributed by atoms with Crippen LogP contribution >= 0.6 is 0 Å². The molecule has 2 N–H and O–H groups in total. The Morgan fingerprint density at radius 2 is 2.20 bits per heavy atom. The Morgan fingerprint density at radius 1 is 1.40 bits per heavy atom. The number of carbonyl (C=O) groups is 2. The van der Waals surface area contributed by atoms with Crippen molar-refractivity contribution in [2.45, 2.75) is 6.42 Å². The topological polar surface area (TPSA) is 70.7 Å². The second kappa shape index (κ2) is 6.79. The number of rotatable bonds is 5. The number of nitrogens with one attached hydrogen (secondary N) is 2. The van der Waals surface area contributed by atoms with Crippen LogP contribution in [0, 0.1) is 0 Å². The van der Waals surface area contributed by atoms with Gasteiger partial charge in [0.05, 0.1) is 12.2 Å². The number of amides is 2. The molecule has 1 aromatic carbocycles. The lowest BCUT2D eigenvalue weighted by Crippen LogP contribution is -2.42. The number of hydrogen-bond donors (Lipinski definition) is 2. The van der Waals surface area contributed by atoms with Crippen molar-refractivity contribution < 1.29 is 14.3 Å². The lowest BCUT2D eigenvalue weighted by Gasteiger charge is -2.26. The fourth-order valence-corrected chi connectivity index (χ4v) is 2.10. The zero-order valence-corrected chi connectivity index (χ0v) is 11.5. The predicted molar refractivity (Wildman–Crippen MR) is 75.9 cm³/mol. The van der Waals surface area contributed by atoms with Crippen LogP contribution in [-0.2, 0) is 4.74 Å². The molecule has 0 unspecified atom stereocenters. The Balaban J connectivity index is 1.84. The lowest BCUT2D eigenvalue weighted by atomic mass is 10.1. The third-order valence-corrected chi connectivity index (χ3v) is 3.16. The Hall–Kier alpha value is -2.24. The van der Waals surface area contributed by atoms with E-state index in [-0.39, 0.29) is 12.0 Å². The Labute approximate surface area is 118 Å². The number of ether oxygens (including phenoxy) is 1. The minimum absolute atomic E-state index is 0.152. The molecule has 6 nitrogen and oxygen atoms in total. The summed E-state index contributed by atoms with van der Waals surface area (Å²) in [5.74, 6) is -0.152. The summed E-state index contributed by atoms with van der Waals surface area (Å²) in [5.41, 5.74) is 1.37. The van der Waals surface area contributed by atoms with Crippen LogP contribution in [0.15, 0.2) is 24.3 Å². The molecule has 1 aliphatic heterocycles. The van der Waals surface area contributed by atoms with E-state index < -0.39 is 0 Å². The third-order valence-electron chi connectivity index (χ3n) is 3.16. The first-order valence-corrected chi connectivity index (χ1v) is 6.69. The Bertz CT molecular complexity index is 490. The van der Waals surface area contributed by atoms with E-state index in [1.807, 2.05) is 18.2 Å². The van der Waals surface area contributed by atoms with E-state index in [0.717, 1.165) is 12.1 Å². The Kier molecular flexibility index (Phi) is 4.81. The maximum Gasteiger partial charge on any atom is 0.409 e. The molecule has 1 aliphatic rings. The molecule has 1 saturated heterocycles. The van der Waals surface area contributed by atoms with Gasteiger partial charge in [-0.2, -0.15) is 0 Å². The van der Waals surface area contributed by atoms with Crippen molar-refractivity contribution in [3.8, 4) is 0 Å². The van der Waals surface area contributed by atoms with Gasteiger partial charge in [0.1, 0.15) is 0 Å². The molecule has 6 heteroatoms. The average Bonchev–Trinajstić information content (AvgIpc) is 2.49. The smallest absolute Gasteiger partial charge is 0.409 e. The van der Waals surface area contributed by atoms with Gasteiger partial charge in [-0.05, 0) is 18.6 Å². The van der Waals surface area contributed by atoms with Gasteiger partial charge in [-0.1, -0.05) is 12.1 Å². The van der Waals surface area contributed by atoms with E-state index in [1.54, 1.807) is 18.0 Å². The first-order chi connectivity index (χ1) is 9.72. The van der Waals surface area contributed by atoms with E-state index in [1.165, 1.54) is 0 Å². The van der Waals surface area contributed by atoms with E-state index in [4.69, 9.17) is 4.74 Å². The van der Waals surface area contributed by atoms with Crippen molar-refractivity contribution in [2.75, 3.05) is 38.6 Å².